The summed E-state index contributed by atoms with van der Waals surface area (Å²) in [6, 6.07) is 4.94. The highest BCUT2D eigenvalue weighted by Gasteiger charge is 2.28. The zero-order chi connectivity index (χ0) is 15.8. The van der Waals surface area contributed by atoms with Crippen molar-refractivity contribution < 1.29 is 12.9 Å². The SMILES string of the molecule is Cc1noc(C)c1S(=O)(=O)N(C)Cc1ccc(Cl)cc1Cl. The largest absolute Gasteiger partial charge is 0.360 e. The molecule has 0 bridgehead atoms. The van der Waals surface area contributed by atoms with Crippen molar-refractivity contribution in [2.75, 3.05) is 7.05 Å². The minimum absolute atomic E-state index is 0.0927. The number of benzene rings is 1. The Labute approximate surface area is 133 Å². The predicted molar refractivity (Wildman–Crippen MR) is 81.1 cm³/mol. The highest BCUT2D eigenvalue weighted by molar-refractivity contribution is 7.89. The van der Waals surface area contributed by atoms with Crippen LogP contribution in [0.2, 0.25) is 10.0 Å². The van der Waals surface area contributed by atoms with Gasteiger partial charge in [-0.15, -0.1) is 0 Å². The highest BCUT2D eigenvalue weighted by Crippen LogP contribution is 2.26. The highest BCUT2D eigenvalue weighted by atomic mass is 35.5. The lowest BCUT2D eigenvalue weighted by Crippen LogP contribution is -2.27. The van der Waals surface area contributed by atoms with Crippen LogP contribution in [0.15, 0.2) is 27.6 Å². The Balaban J connectivity index is 2.33. The first kappa shape index (κ1) is 16.3. The van der Waals surface area contributed by atoms with Gasteiger partial charge in [-0.2, -0.15) is 4.31 Å². The van der Waals surface area contributed by atoms with Gasteiger partial charge in [0.15, 0.2) is 5.76 Å². The molecule has 8 heteroatoms. The number of hydrogen-bond donors (Lipinski definition) is 0. The molecule has 1 aromatic heterocycles. The van der Waals surface area contributed by atoms with Gasteiger partial charge in [-0.1, -0.05) is 34.4 Å². The maximum Gasteiger partial charge on any atom is 0.248 e. The molecule has 0 aliphatic carbocycles. The Kier molecular flexibility index (Phi) is 4.63. The molecule has 0 aliphatic heterocycles. The monoisotopic (exact) mass is 348 g/mol. The minimum Gasteiger partial charge on any atom is -0.360 e. The van der Waals surface area contributed by atoms with Crippen LogP contribution in [0.3, 0.4) is 0 Å². The maximum atomic E-state index is 12.6. The van der Waals surface area contributed by atoms with Crippen molar-refractivity contribution in [3.63, 3.8) is 0 Å². The number of rotatable bonds is 4. The first-order valence-corrected chi connectivity index (χ1v) is 8.26. The fourth-order valence-corrected chi connectivity index (χ4v) is 3.87. The van der Waals surface area contributed by atoms with Gasteiger partial charge in [0.25, 0.3) is 0 Å². The molecule has 1 aromatic carbocycles. The second-order valence-corrected chi connectivity index (χ2v) is 7.48. The second-order valence-electron chi connectivity index (χ2n) is 4.65. The molecule has 0 saturated carbocycles. The molecule has 0 radical (unpaired) electrons. The summed E-state index contributed by atoms with van der Waals surface area (Å²) in [5.41, 5.74) is 1.00. The minimum atomic E-state index is -3.70. The quantitative estimate of drug-likeness (QED) is 0.849. The molecule has 21 heavy (non-hydrogen) atoms. The predicted octanol–water partition coefficient (Wildman–Crippen LogP) is 3.42. The molecule has 2 aromatic rings. The summed E-state index contributed by atoms with van der Waals surface area (Å²) in [4.78, 5) is 0.0927. The van der Waals surface area contributed by atoms with Crippen molar-refractivity contribution in [3.8, 4) is 0 Å². The molecule has 0 saturated heterocycles. The third-order valence-corrected chi connectivity index (χ3v) is 5.68. The summed E-state index contributed by atoms with van der Waals surface area (Å²) >= 11 is 11.9. The standard InChI is InChI=1S/C13H14Cl2N2O3S/c1-8-13(9(2)20-16-8)21(18,19)17(3)7-10-4-5-11(14)6-12(10)15/h4-6H,7H2,1-3H3. The van der Waals surface area contributed by atoms with Gasteiger partial charge in [0.2, 0.25) is 10.0 Å². The van der Waals surface area contributed by atoms with Crippen LogP contribution in [-0.2, 0) is 16.6 Å². The van der Waals surface area contributed by atoms with Crippen LogP contribution in [-0.4, -0.2) is 24.9 Å². The van der Waals surface area contributed by atoms with Gasteiger partial charge >= 0.3 is 0 Å². The zero-order valence-corrected chi connectivity index (χ0v) is 14.1. The molecule has 114 valence electrons. The maximum absolute atomic E-state index is 12.6. The molecule has 0 N–H and O–H groups in total. The van der Waals surface area contributed by atoms with E-state index in [1.165, 1.54) is 11.4 Å². The number of aryl methyl sites for hydroxylation is 2. The van der Waals surface area contributed by atoms with Gasteiger partial charge in [0.1, 0.15) is 10.6 Å². The molecule has 0 spiro atoms. The van der Waals surface area contributed by atoms with Gasteiger partial charge in [-0.05, 0) is 31.5 Å². The fraction of sp³-hybridized carbons (Fsp3) is 0.308. The third-order valence-electron chi connectivity index (χ3n) is 3.04. The zero-order valence-electron chi connectivity index (χ0n) is 11.7. The van der Waals surface area contributed by atoms with Crippen LogP contribution in [0.25, 0.3) is 0 Å². The summed E-state index contributed by atoms with van der Waals surface area (Å²) in [6.45, 7) is 3.28. The number of nitrogens with zero attached hydrogens (tertiary/aromatic N) is 2. The molecule has 1 heterocycles. The normalized spacial score (nSPS) is 12.1. The smallest absolute Gasteiger partial charge is 0.248 e. The van der Waals surface area contributed by atoms with E-state index in [2.05, 4.69) is 5.16 Å². The average molecular weight is 349 g/mol. The molecular weight excluding hydrogens is 335 g/mol. The van der Waals surface area contributed by atoms with E-state index >= 15 is 0 Å². The summed E-state index contributed by atoms with van der Waals surface area (Å²) < 4.78 is 31.3. The lowest BCUT2D eigenvalue weighted by Gasteiger charge is -2.17. The van der Waals surface area contributed by atoms with E-state index in [4.69, 9.17) is 27.7 Å². The molecule has 5 nitrogen and oxygen atoms in total. The van der Waals surface area contributed by atoms with E-state index in [0.717, 1.165) is 0 Å². The lowest BCUT2D eigenvalue weighted by atomic mass is 10.2. The Bertz CT molecular complexity index is 752. The molecule has 0 aliphatic rings. The van der Waals surface area contributed by atoms with Crippen LogP contribution >= 0.6 is 23.2 Å². The summed E-state index contributed by atoms with van der Waals surface area (Å²) in [5, 5.41) is 4.60. The Hall–Kier alpha value is -1.08. The van der Waals surface area contributed by atoms with Crippen LogP contribution in [0.5, 0.6) is 0 Å². The van der Waals surface area contributed by atoms with Crippen molar-refractivity contribution in [2.45, 2.75) is 25.3 Å². The van der Waals surface area contributed by atoms with Crippen LogP contribution < -0.4 is 0 Å². The number of halogens is 2. The molecule has 0 unspecified atom stereocenters. The second kappa shape index (κ2) is 5.96. The number of sulfonamides is 1. The summed E-state index contributed by atoms with van der Waals surface area (Å²) in [5.74, 6) is 0.265. The van der Waals surface area contributed by atoms with Crippen molar-refractivity contribution in [3.05, 3.63) is 45.3 Å². The van der Waals surface area contributed by atoms with Gasteiger partial charge in [-0.3, -0.25) is 0 Å². The van der Waals surface area contributed by atoms with Gasteiger partial charge in [0, 0.05) is 23.6 Å². The van der Waals surface area contributed by atoms with Gasteiger partial charge in [-0.25, -0.2) is 8.42 Å². The fourth-order valence-electron chi connectivity index (χ4n) is 1.97. The molecular formula is C13H14Cl2N2O3S. The van der Waals surface area contributed by atoms with Gasteiger partial charge in [0.05, 0.1) is 0 Å². The van der Waals surface area contributed by atoms with Crippen LogP contribution in [0.1, 0.15) is 17.0 Å². The van der Waals surface area contributed by atoms with Crippen molar-refractivity contribution in [2.24, 2.45) is 0 Å². The van der Waals surface area contributed by atoms with Crippen molar-refractivity contribution in [1.82, 2.24) is 9.46 Å². The first-order chi connectivity index (χ1) is 9.73. The molecule has 0 amide bonds. The molecule has 2 rings (SSSR count). The Morgan fingerprint density at radius 2 is 1.95 bits per heavy atom. The number of aromatic nitrogens is 1. The topological polar surface area (TPSA) is 63.4 Å². The molecule has 0 atom stereocenters. The van der Waals surface area contributed by atoms with Crippen molar-refractivity contribution >= 4 is 33.2 Å². The van der Waals surface area contributed by atoms with E-state index in [1.54, 1.807) is 32.0 Å². The van der Waals surface area contributed by atoms with E-state index in [-0.39, 0.29) is 17.2 Å². The summed E-state index contributed by atoms with van der Waals surface area (Å²) in [7, 11) is -2.22. The van der Waals surface area contributed by atoms with E-state index in [0.29, 0.717) is 21.3 Å². The average Bonchev–Trinajstić information content (AvgIpc) is 2.72. The van der Waals surface area contributed by atoms with E-state index < -0.39 is 10.0 Å². The van der Waals surface area contributed by atoms with Crippen LogP contribution in [0.4, 0.5) is 0 Å². The number of hydrogen-bond acceptors (Lipinski definition) is 4. The Morgan fingerprint density at radius 3 is 2.48 bits per heavy atom. The first-order valence-electron chi connectivity index (χ1n) is 6.06. The lowest BCUT2D eigenvalue weighted by molar-refractivity contribution is 0.389. The van der Waals surface area contributed by atoms with E-state index in [9.17, 15) is 8.42 Å². The third kappa shape index (κ3) is 3.23. The van der Waals surface area contributed by atoms with E-state index in [1.807, 2.05) is 0 Å². The Morgan fingerprint density at radius 1 is 1.29 bits per heavy atom. The van der Waals surface area contributed by atoms with Gasteiger partial charge < -0.3 is 4.52 Å². The molecule has 0 fully saturated rings. The summed E-state index contributed by atoms with van der Waals surface area (Å²) in [6.07, 6.45) is 0. The van der Waals surface area contributed by atoms with Crippen LogP contribution in [0, 0.1) is 13.8 Å². The van der Waals surface area contributed by atoms with Crippen molar-refractivity contribution in [1.29, 1.82) is 0 Å².